The van der Waals surface area contributed by atoms with E-state index in [1.54, 1.807) is 7.11 Å². The number of nitrogens with zero attached hydrogens (tertiary/aromatic N) is 1. The number of ether oxygens (including phenoxy) is 2. The Kier molecular flexibility index (Phi) is 11.1. The largest absolute Gasteiger partial charge is 0.381 e. The summed E-state index contributed by atoms with van der Waals surface area (Å²) in [5, 5.41) is 6.79. The fourth-order valence-electron chi connectivity index (χ4n) is 2.97. The van der Waals surface area contributed by atoms with Crippen LogP contribution in [0.15, 0.2) is 4.99 Å². The quantitative estimate of drug-likeness (QED) is 0.344. The summed E-state index contributed by atoms with van der Waals surface area (Å²) in [5.74, 6) is 1.73. The van der Waals surface area contributed by atoms with Gasteiger partial charge in [-0.1, -0.05) is 39.5 Å². The van der Waals surface area contributed by atoms with Gasteiger partial charge >= 0.3 is 0 Å². The first-order valence-electron chi connectivity index (χ1n) is 9.77. The van der Waals surface area contributed by atoms with Crippen LogP contribution in [0.1, 0.15) is 65.7 Å². The van der Waals surface area contributed by atoms with Crippen LogP contribution in [0.2, 0.25) is 0 Å². The summed E-state index contributed by atoms with van der Waals surface area (Å²) >= 11 is 0. The molecule has 1 aliphatic rings. The molecule has 0 amide bonds. The first-order valence-corrected chi connectivity index (χ1v) is 9.77. The third kappa shape index (κ3) is 8.88. The van der Waals surface area contributed by atoms with Crippen LogP contribution in [0.3, 0.4) is 0 Å². The predicted octanol–water partition coefficient (Wildman–Crippen LogP) is 3.34. The molecule has 1 saturated heterocycles. The lowest BCUT2D eigenvalue weighted by Gasteiger charge is -2.34. The third-order valence-electron chi connectivity index (χ3n) is 4.71. The van der Waals surface area contributed by atoms with Gasteiger partial charge in [-0.15, -0.1) is 0 Å². The maximum atomic E-state index is 5.75. The number of rotatable bonds is 11. The van der Waals surface area contributed by atoms with Crippen LogP contribution in [0, 0.1) is 5.92 Å². The molecule has 0 atom stereocenters. The molecule has 142 valence electrons. The molecule has 0 bridgehead atoms. The van der Waals surface area contributed by atoms with Crippen LogP contribution >= 0.6 is 0 Å². The monoisotopic (exact) mass is 341 g/mol. The minimum atomic E-state index is -0.155. The van der Waals surface area contributed by atoms with Crippen LogP contribution in [0.4, 0.5) is 0 Å². The number of unbranched alkanes of at least 4 members (excludes halogenated alkanes) is 3. The fraction of sp³-hybridized carbons (Fsp3) is 0.947. The molecule has 0 saturated carbocycles. The Bertz CT molecular complexity index is 340. The van der Waals surface area contributed by atoms with E-state index in [2.05, 4.69) is 31.4 Å². The van der Waals surface area contributed by atoms with Crippen molar-refractivity contribution < 1.29 is 9.47 Å². The van der Waals surface area contributed by atoms with Crippen LogP contribution in [-0.4, -0.2) is 51.5 Å². The Labute approximate surface area is 149 Å². The lowest BCUT2D eigenvalue weighted by molar-refractivity contribution is -0.0828. The van der Waals surface area contributed by atoms with Gasteiger partial charge in [0.15, 0.2) is 5.96 Å². The topological polar surface area (TPSA) is 54.9 Å². The summed E-state index contributed by atoms with van der Waals surface area (Å²) < 4.78 is 11.2. The minimum Gasteiger partial charge on any atom is -0.381 e. The molecule has 0 aromatic heterocycles. The van der Waals surface area contributed by atoms with Crippen LogP contribution in [-0.2, 0) is 9.47 Å². The van der Waals surface area contributed by atoms with Crippen LogP contribution < -0.4 is 10.6 Å². The smallest absolute Gasteiger partial charge is 0.191 e. The highest BCUT2D eigenvalue weighted by atomic mass is 16.5. The molecule has 1 fully saturated rings. The Balaban J connectivity index is 2.29. The average molecular weight is 342 g/mol. The molecule has 1 rings (SSSR count). The number of aliphatic imine (C=N–C) groups is 1. The molecule has 2 N–H and O–H groups in total. The first kappa shape index (κ1) is 21.2. The summed E-state index contributed by atoms with van der Waals surface area (Å²) in [5.41, 5.74) is -0.155. The maximum Gasteiger partial charge on any atom is 0.191 e. The summed E-state index contributed by atoms with van der Waals surface area (Å²) in [4.78, 5) is 4.75. The van der Waals surface area contributed by atoms with E-state index >= 15 is 0 Å². The fourth-order valence-corrected chi connectivity index (χ4v) is 2.97. The molecule has 0 aliphatic carbocycles. The van der Waals surface area contributed by atoms with Crippen molar-refractivity contribution in [2.24, 2.45) is 10.9 Å². The summed E-state index contributed by atoms with van der Waals surface area (Å²) in [6, 6.07) is 0. The molecule has 1 heterocycles. The summed E-state index contributed by atoms with van der Waals surface area (Å²) in [6.07, 6.45) is 8.36. The molecular weight excluding hydrogens is 302 g/mol. The molecule has 5 heteroatoms. The third-order valence-corrected chi connectivity index (χ3v) is 4.71. The van der Waals surface area contributed by atoms with Crippen molar-refractivity contribution >= 4 is 5.96 Å². The van der Waals surface area contributed by atoms with Crippen molar-refractivity contribution in [1.29, 1.82) is 0 Å². The highest BCUT2D eigenvalue weighted by molar-refractivity contribution is 5.79. The minimum absolute atomic E-state index is 0.155. The number of nitrogens with one attached hydrogen (secondary N) is 2. The van der Waals surface area contributed by atoms with E-state index in [1.807, 2.05) is 0 Å². The zero-order chi connectivity index (χ0) is 17.7. The first-order chi connectivity index (χ1) is 11.6. The Hall–Kier alpha value is -0.810. The van der Waals surface area contributed by atoms with E-state index in [0.29, 0.717) is 6.54 Å². The number of hydrogen-bond donors (Lipinski definition) is 2. The van der Waals surface area contributed by atoms with Gasteiger partial charge in [-0.05, 0) is 19.3 Å². The highest BCUT2D eigenvalue weighted by Crippen LogP contribution is 2.24. The average Bonchev–Trinajstić information content (AvgIpc) is 2.59. The zero-order valence-corrected chi connectivity index (χ0v) is 16.3. The second-order valence-electron chi connectivity index (χ2n) is 7.22. The van der Waals surface area contributed by atoms with E-state index in [0.717, 1.165) is 51.0 Å². The number of guanidine groups is 1. The van der Waals surface area contributed by atoms with Crippen molar-refractivity contribution in [3.63, 3.8) is 0 Å². The molecular formula is C19H39N3O2. The standard InChI is InChI=1S/C19H39N3O2/c1-5-20-18(21-13-9-7-6-8-10-17(2)3)22-16-19(23-4)11-14-24-15-12-19/h17H,5-16H2,1-4H3,(H2,20,21,22). The molecule has 0 radical (unpaired) electrons. The van der Waals surface area contributed by atoms with Crippen LogP contribution in [0.5, 0.6) is 0 Å². The molecule has 1 aliphatic heterocycles. The van der Waals surface area contributed by atoms with Gasteiger partial charge in [-0.2, -0.15) is 0 Å². The maximum absolute atomic E-state index is 5.75. The molecule has 0 spiro atoms. The Morgan fingerprint density at radius 1 is 1.12 bits per heavy atom. The van der Waals surface area contributed by atoms with Crippen LogP contribution in [0.25, 0.3) is 0 Å². The van der Waals surface area contributed by atoms with Gasteiger partial charge in [0.2, 0.25) is 0 Å². The SMILES string of the molecule is CCNC(=NCC1(OC)CCOCC1)NCCCCCCC(C)C. The van der Waals surface area contributed by atoms with Crippen molar-refractivity contribution in [3.05, 3.63) is 0 Å². The van der Waals surface area contributed by atoms with E-state index in [-0.39, 0.29) is 5.60 Å². The van der Waals surface area contributed by atoms with Crippen molar-refractivity contribution in [1.82, 2.24) is 10.6 Å². The van der Waals surface area contributed by atoms with Gasteiger partial charge in [0, 0.05) is 46.3 Å². The van der Waals surface area contributed by atoms with E-state index in [9.17, 15) is 0 Å². The number of hydrogen-bond acceptors (Lipinski definition) is 3. The summed E-state index contributed by atoms with van der Waals surface area (Å²) in [7, 11) is 1.79. The predicted molar refractivity (Wildman–Crippen MR) is 102 cm³/mol. The van der Waals surface area contributed by atoms with Gasteiger partial charge in [-0.25, -0.2) is 0 Å². The lowest BCUT2D eigenvalue weighted by Crippen LogP contribution is -2.44. The van der Waals surface area contributed by atoms with Gasteiger partial charge in [-0.3, -0.25) is 4.99 Å². The molecule has 0 aromatic rings. The Morgan fingerprint density at radius 2 is 1.83 bits per heavy atom. The van der Waals surface area contributed by atoms with Crippen molar-refractivity contribution in [2.75, 3.05) is 40.0 Å². The molecule has 24 heavy (non-hydrogen) atoms. The molecule has 5 nitrogen and oxygen atoms in total. The second kappa shape index (κ2) is 12.5. The lowest BCUT2D eigenvalue weighted by atomic mass is 9.94. The van der Waals surface area contributed by atoms with Crippen molar-refractivity contribution in [3.8, 4) is 0 Å². The highest BCUT2D eigenvalue weighted by Gasteiger charge is 2.32. The van der Waals surface area contributed by atoms with E-state index in [1.165, 1.54) is 32.1 Å². The van der Waals surface area contributed by atoms with Gasteiger partial charge in [0.05, 0.1) is 12.1 Å². The van der Waals surface area contributed by atoms with E-state index in [4.69, 9.17) is 14.5 Å². The summed E-state index contributed by atoms with van der Waals surface area (Å²) in [6.45, 7) is 10.8. The normalized spacial score (nSPS) is 18.0. The molecule has 0 unspecified atom stereocenters. The van der Waals surface area contributed by atoms with Crippen molar-refractivity contribution in [2.45, 2.75) is 71.3 Å². The van der Waals surface area contributed by atoms with Gasteiger partial charge < -0.3 is 20.1 Å². The van der Waals surface area contributed by atoms with Gasteiger partial charge in [0.25, 0.3) is 0 Å². The second-order valence-corrected chi connectivity index (χ2v) is 7.22. The van der Waals surface area contributed by atoms with E-state index < -0.39 is 0 Å². The zero-order valence-electron chi connectivity index (χ0n) is 16.3. The van der Waals surface area contributed by atoms with Gasteiger partial charge in [0.1, 0.15) is 0 Å². The number of methoxy groups -OCH3 is 1. The Morgan fingerprint density at radius 3 is 2.46 bits per heavy atom. The molecule has 0 aromatic carbocycles.